The number of likely N-dealkylation sites (N-methyl/N-ethyl adjacent to an activating group) is 1. The zero-order valence-electron chi connectivity index (χ0n) is 18.0. The van der Waals surface area contributed by atoms with Gasteiger partial charge >= 0.3 is 6.18 Å². The van der Waals surface area contributed by atoms with E-state index in [1.54, 1.807) is 31.3 Å². The Balaban J connectivity index is 1.90. The first-order valence-electron chi connectivity index (χ1n) is 9.74. The van der Waals surface area contributed by atoms with Crippen molar-refractivity contribution in [2.45, 2.75) is 19.6 Å². The lowest BCUT2D eigenvalue weighted by molar-refractivity contribution is -0.132. The van der Waals surface area contributed by atoms with Crippen LogP contribution < -0.4 is 14.8 Å². The molecule has 2 rings (SSSR count). The Hall–Kier alpha value is -3.49. The van der Waals surface area contributed by atoms with Crippen molar-refractivity contribution in [2.24, 2.45) is 0 Å². The van der Waals surface area contributed by atoms with E-state index in [1.165, 1.54) is 24.1 Å². The van der Waals surface area contributed by atoms with Gasteiger partial charge in [-0.25, -0.2) is 0 Å². The van der Waals surface area contributed by atoms with Crippen molar-refractivity contribution in [3.63, 3.8) is 0 Å². The molecule has 0 heterocycles. The molecule has 0 radical (unpaired) electrons. The van der Waals surface area contributed by atoms with Crippen LogP contribution in [0.1, 0.15) is 28.4 Å². The van der Waals surface area contributed by atoms with Gasteiger partial charge in [-0.05, 0) is 42.3 Å². The van der Waals surface area contributed by atoms with E-state index < -0.39 is 18.6 Å². The molecule has 9 heteroatoms. The molecule has 172 valence electrons. The maximum atomic E-state index is 12.4. The quantitative estimate of drug-likeness (QED) is 0.626. The SMILES string of the molecule is CC=Cc1ccc(OCC(=O)N(C)Cc2ccc(C(=O)NCC(F)(F)F)cc2)c(OC)c1. The highest BCUT2D eigenvalue weighted by molar-refractivity contribution is 5.94. The molecule has 0 saturated carbocycles. The summed E-state index contributed by atoms with van der Waals surface area (Å²) in [6, 6.07) is 11.4. The summed E-state index contributed by atoms with van der Waals surface area (Å²) < 4.78 is 47.5. The summed E-state index contributed by atoms with van der Waals surface area (Å²) in [6.45, 7) is 0.549. The van der Waals surface area contributed by atoms with Crippen LogP contribution in [0.3, 0.4) is 0 Å². The number of alkyl halides is 3. The fraction of sp³-hybridized carbons (Fsp3) is 0.304. The van der Waals surface area contributed by atoms with E-state index in [1.807, 2.05) is 30.5 Å². The number of rotatable bonds is 9. The lowest BCUT2D eigenvalue weighted by Gasteiger charge is -2.18. The highest BCUT2D eigenvalue weighted by Gasteiger charge is 2.27. The van der Waals surface area contributed by atoms with Crippen molar-refractivity contribution in [1.82, 2.24) is 10.2 Å². The number of benzene rings is 2. The van der Waals surface area contributed by atoms with Gasteiger partial charge in [-0.1, -0.05) is 30.4 Å². The summed E-state index contributed by atoms with van der Waals surface area (Å²) in [6.07, 6.45) is -0.662. The van der Waals surface area contributed by atoms with Gasteiger partial charge in [0.1, 0.15) is 6.54 Å². The van der Waals surface area contributed by atoms with E-state index in [9.17, 15) is 22.8 Å². The number of hydrogen-bond acceptors (Lipinski definition) is 4. The zero-order valence-corrected chi connectivity index (χ0v) is 18.0. The predicted octanol–water partition coefficient (Wildman–Crippen LogP) is 4.06. The van der Waals surface area contributed by atoms with Crippen molar-refractivity contribution in [3.05, 3.63) is 65.2 Å². The van der Waals surface area contributed by atoms with Gasteiger partial charge < -0.3 is 19.7 Å². The summed E-state index contributed by atoms with van der Waals surface area (Å²) >= 11 is 0. The van der Waals surface area contributed by atoms with Crippen molar-refractivity contribution < 1.29 is 32.2 Å². The average Bonchev–Trinajstić information content (AvgIpc) is 2.76. The Kier molecular flexibility index (Phi) is 8.69. The summed E-state index contributed by atoms with van der Waals surface area (Å²) in [7, 11) is 3.12. The molecule has 6 nitrogen and oxygen atoms in total. The Bertz CT molecular complexity index is 957. The van der Waals surface area contributed by atoms with Gasteiger partial charge in [-0.2, -0.15) is 13.2 Å². The molecule has 0 atom stereocenters. The van der Waals surface area contributed by atoms with Gasteiger partial charge in [0.25, 0.3) is 11.8 Å². The normalized spacial score (nSPS) is 11.3. The van der Waals surface area contributed by atoms with Crippen molar-refractivity contribution in [3.8, 4) is 11.5 Å². The van der Waals surface area contributed by atoms with E-state index in [4.69, 9.17) is 9.47 Å². The standard InChI is InChI=1S/C23H25F3N2O4/c1-4-5-16-8-11-19(20(12-16)31-3)32-14-21(29)28(2)13-17-6-9-18(10-7-17)22(30)27-15-23(24,25)26/h4-12H,13-15H2,1-3H3,(H,27,30). The maximum absolute atomic E-state index is 12.4. The first-order valence-corrected chi connectivity index (χ1v) is 9.74. The molecule has 0 saturated heterocycles. The lowest BCUT2D eigenvalue weighted by atomic mass is 10.1. The summed E-state index contributed by atoms with van der Waals surface area (Å²) in [5.74, 6) is -0.148. The number of hydrogen-bond donors (Lipinski definition) is 1. The van der Waals surface area contributed by atoms with Crippen LogP contribution in [0, 0.1) is 0 Å². The monoisotopic (exact) mass is 450 g/mol. The third-order valence-electron chi connectivity index (χ3n) is 4.41. The lowest BCUT2D eigenvalue weighted by Crippen LogP contribution is -2.33. The Morgan fingerprint density at radius 3 is 2.38 bits per heavy atom. The number of nitrogens with zero attached hydrogens (tertiary/aromatic N) is 1. The van der Waals surface area contributed by atoms with Crippen molar-refractivity contribution in [1.29, 1.82) is 0 Å². The number of carbonyl (C=O) groups excluding carboxylic acids is 2. The van der Waals surface area contributed by atoms with Crippen LogP contribution in [-0.4, -0.2) is 50.2 Å². The summed E-state index contributed by atoms with van der Waals surface area (Å²) in [5.41, 5.74) is 1.75. The molecule has 2 aromatic rings. The van der Waals surface area contributed by atoms with Crippen LogP contribution in [0.2, 0.25) is 0 Å². The molecule has 0 unspecified atom stereocenters. The van der Waals surface area contributed by atoms with Crippen molar-refractivity contribution >= 4 is 17.9 Å². The molecule has 0 aliphatic rings. The van der Waals surface area contributed by atoms with Gasteiger partial charge in [0, 0.05) is 19.2 Å². The second kappa shape index (κ2) is 11.2. The van der Waals surface area contributed by atoms with Crippen LogP contribution in [0.4, 0.5) is 13.2 Å². The molecule has 1 N–H and O–H groups in total. The molecule has 0 aliphatic carbocycles. The van der Waals surface area contributed by atoms with E-state index in [0.717, 1.165) is 5.56 Å². The molecule has 2 amide bonds. The Labute approximate surface area is 184 Å². The molecule has 2 aromatic carbocycles. The third kappa shape index (κ3) is 7.64. The molecule has 0 fully saturated rings. The maximum Gasteiger partial charge on any atom is 0.405 e. The Morgan fingerprint density at radius 1 is 1.09 bits per heavy atom. The van der Waals surface area contributed by atoms with E-state index in [-0.39, 0.29) is 24.6 Å². The van der Waals surface area contributed by atoms with Gasteiger partial charge in [0.2, 0.25) is 0 Å². The second-order valence-corrected chi connectivity index (χ2v) is 6.94. The molecule has 32 heavy (non-hydrogen) atoms. The minimum absolute atomic E-state index is 0.101. The molecule has 0 aromatic heterocycles. The first kappa shape index (κ1) is 24.8. The van der Waals surface area contributed by atoms with Crippen molar-refractivity contribution in [2.75, 3.05) is 27.3 Å². The number of carbonyl (C=O) groups is 2. The van der Waals surface area contributed by atoms with Crippen LogP contribution in [0.15, 0.2) is 48.5 Å². The Morgan fingerprint density at radius 2 is 1.78 bits per heavy atom. The number of amides is 2. The molecular formula is C23H25F3N2O4. The highest BCUT2D eigenvalue weighted by atomic mass is 19.4. The predicted molar refractivity (Wildman–Crippen MR) is 115 cm³/mol. The second-order valence-electron chi connectivity index (χ2n) is 6.94. The smallest absolute Gasteiger partial charge is 0.405 e. The highest BCUT2D eigenvalue weighted by Crippen LogP contribution is 2.28. The largest absolute Gasteiger partial charge is 0.493 e. The van der Waals surface area contributed by atoms with Crippen LogP contribution in [-0.2, 0) is 11.3 Å². The topological polar surface area (TPSA) is 67.9 Å². The zero-order chi connectivity index (χ0) is 23.7. The minimum Gasteiger partial charge on any atom is -0.493 e. The van der Waals surface area contributed by atoms with Crippen LogP contribution in [0.25, 0.3) is 6.08 Å². The van der Waals surface area contributed by atoms with Gasteiger partial charge in [-0.15, -0.1) is 0 Å². The molecule has 0 bridgehead atoms. The third-order valence-corrected chi connectivity index (χ3v) is 4.41. The van der Waals surface area contributed by atoms with Gasteiger partial charge in [0.05, 0.1) is 7.11 Å². The van der Waals surface area contributed by atoms with E-state index in [2.05, 4.69) is 0 Å². The van der Waals surface area contributed by atoms with Crippen LogP contribution in [0.5, 0.6) is 11.5 Å². The van der Waals surface area contributed by atoms with E-state index >= 15 is 0 Å². The summed E-state index contributed by atoms with van der Waals surface area (Å²) in [5, 5.41) is 1.81. The number of methoxy groups -OCH3 is 1. The summed E-state index contributed by atoms with van der Waals surface area (Å²) in [4.78, 5) is 25.6. The first-order chi connectivity index (χ1) is 15.1. The minimum atomic E-state index is -4.47. The average molecular weight is 450 g/mol. The number of ether oxygens (including phenoxy) is 2. The molecule has 0 aliphatic heterocycles. The van der Waals surface area contributed by atoms with Gasteiger partial charge in [-0.3, -0.25) is 9.59 Å². The van der Waals surface area contributed by atoms with Gasteiger partial charge in [0.15, 0.2) is 18.1 Å². The fourth-order valence-electron chi connectivity index (χ4n) is 2.76. The molecule has 0 spiro atoms. The number of halogens is 3. The molecular weight excluding hydrogens is 425 g/mol. The fourth-order valence-corrected chi connectivity index (χ4v) is 2.76. The number of nitrogens with one attached hydrogen (secondary N) is 1. The van der Waals surface area contributed by atoms with E-state index in [0.29, 0.717) is 17.1 Å². The number of allylic oxidation sites excluding steroid dienone is 1. The van der Waals surface area contributed by atoms with Crippen LogP contribution >= 0.6 is 0 Å².